The molecule has 0 amide bonds. The Morgan fingerprint density at radius 1 is 1.35 bits per heavy atom. The smallest absolute Gasteiger partial charge is 0.320 e. The molecule has 1 aromatic rings. The van der Waals surface area contributed by atoms with Gasteiger partial charge in [-0.3, -0.25) is 14.6 Å². The number of carboxylic acids is 1. The molecule has 0 saturated carbocycles. The van der Waals surface area contributed by atoms with E-state index in [1.807, 2.05) is 17.0 Å². The third-order valence-corrected chi connectivity index (χ3v) is 4.25. The summed E-state index contributed by atoms with van der Waals surface area (Å²) in [5, 5.41) is 9.80. The molecule has 110 valence electrons. The molecule has 0 aromatic heterocycles. The van der Waals surface area contributed by atoms with Crippen molar-refractivity contribution >= 4 is 17.6 Å². The number of hydrogen-bond acceptors (Lipinski definition) is 3. The van der Waals surface area contributed by atoms with Crippen LogP contribution in [0.5, 0.6) is 0 Å². The molecule has 0 radical (unpaired) electrons. The summed E-state index contributed by atoms with van der Waals surface area (Å²) < 4.78 is 0. The Labute approximate surface area is 124 Å². The monoisotopic (exact) mass is 296 g/mol. The highest BCUT2D eigenvalue weighted by Gasteiger charge is 2.25. The third kappa shape index (κ3) is 3.72. The lowest BCUT2D eigenvalue weighted by molar-refractivity contribution is -0.143. The summed E-state index contributed by atoms with van der Waals surface area (Å²) in [5.74, 6) is -0.744. The summed E-state index contributed by atoms with van der Waals surface area (Å²) in [4.78, 5) is 15.4. The van der Waals surface area contributed by atoms with E-state index in [4.69, 9.17) is 16.7 Å². The maximum atomic E-state index is 11.0. The fraction of sp³-hybridized carbons (Fsp3) is 0.533. The van der Waals surface area contributed by atoms with Gasteiger partial charge in [-0.1, -0.05) is 17.7 Å². The highest BCUT2D eigenvalue weighted by atomic mass is 35.5. The average molecular weight is 297 g/mol. The summed E-state index contributed by atoms with van der Waals surface area (Å²) >= 11 is 5.97. The van der Waals surface area contributed by atoms with Crippen LogP contribution in [0.25, 0.3) is 0 Å². The van der Waals surface area contributed by atoms with Gasteiger partial charge in [-0.05, 0) is 37.1 Å². The van der Waals surface area contributed by atoms with Crippen LogP contribution in [0.3, 0.4) is 0 Å². The number of piperazine rings is 1. The van der Waals surface area contributed by atoms with Crippen LogP contribution in [0.2, 0.25) is 5.02 Å². The van der Waals surface area contributed by atoms with Gasteiger partial charge in [0.25, 0.3) is 0 Å². The maximum absolute atomic E-state index is 11.0. The third-order valence-electron chi connectivity index (χ3n) is 4.01. The van der Waals surface area contributed by atoms with Gasteiger partial charge >= 0.3 is 5.97 Å². The molecule has 0 bridgehead atoms. The first-order valence-electron chi connectivity index (χ1n) is 6.91. The van der Waals surface area contributed by atoms with Crippen LogP contribution >= 0.6 is 11.6 Å². The van der Waals surface area contributed by atoms with Gasteiger partial charge in [-0.25, -0.2) is 0 Å². The second-order valence-electron chi connectivity index (χ2n) is 5.40. The second kappa shape index (κ2) is 6.57. The van der Waals surface area contributed by atoms with E-state index in [9.17, 15) is 4.79 Å². The molecule has 1 aliphatic rings. The van der Waals surface area contributed by atoms with Crippen molar-refractivity contribution < 1.29 is 9.90 Å². The number of carboxylic acid groups (broad SMARTS) is 1. The predicted molar refractivity (Wildman–Crippen MR) is 80.1 cm³/mol. The largest absolute Gasteiger partial charge is 0.480 e. The van der Waals surface area contributed by atoms with Crippen LogP contribution in [-0.4, -0.2) is 53.1 Å². The molecule has 1 fully saturated rings. The van der Waals surface area contributed by atoms with Gasteiger partial charge in [0.15, 0.2) is 0 Å². The Hall–Kier alpha value is -1.10. The molecule has 4 nitrogen and oxygen atoms in total. The average Bonchev–Trinajstić information content (AvgIpc) is 2.42. The number of hydrogen-bond donors (Lipinski definition) is 1. The molecule has 5 heteroatoms. The van der Waals surface area contributed by atoms with E-state index in [1.165, 1.54) is 11.1 Å². The molecule has 1 heterocycles. The zero-order valence-corrected chi connectivity index (χ0v) is 12.7. The Balaban J connectivity index is 1.90. The number of rotatable bonds is 4. The first-order valence-corrected chi connectivity index (χ1v) is 7.29. The van der Waals surface area contributed by atoms with Gasteiger partial charge in [0.2, 0.25) is 0 Å². The minimum absolute atomic E-state index is 0.394. The molecule has 20 heavy (non-hydrogen) atoms. The fourth-order valence-corrected chi connectivity index (χ4v) is 2.77. The molecular weight excluding hydrogens is 276 g/mol. The molecule has 1 unspecified atom stereocenters. The van der Waals surface area contributed by atoms with Crippen LogP contribution in [-0.2, 0) is 11.3 Å². The highest BCUT2D eigenvalue weighted by Crippen LogP contribution is 2.18. The number of halogens is 1. The van der Waals surface area contributed by atoms with Crippen LogP contribution in [0, 0.1) is 6.92 Å². The molecule has 1 atom stereocenters. The molecule has 0 aliphatic carbocycles. The van der Waals surface area contributed by atoms with Gasteiger partial charge in [0.05, 0.1) is 0 Å². The van der Waals surface area contributed by atoms with Gasteiger partial charge in [-0.15, -0.1) is 0 Å². The van der Waals surface area contributed by atoms with Crippen molar-refractivity contribution in [1.82, 2.24) is 9.80 Å². The van der Waals surface area contributed by atoms with Crippen molar-refractivity contribution in [2.45, 2.75) is 26.4 Å². The number of aliphatic carboxylic acids is 1. The zero-order valence-electron chi connectivity index (χ0n) is 12.0. The summed E-state index contributed by atoms with van der Waals surface area (Å²) in [6.07, 6.45) is 0. The lowest BCUT2D eigenvalue weighted by Crippen LogP contribution is -2.51. The molecular formula is C15H21ClN2O2. The molecule has 2 rings (SSSR count). The highest BCUT2D eigenvalue weighted by molar-refractivity contribution is 6.30. The summed E-state index contributed by atoms with van der Waals surface area (Å²) in [6, 6.07) is 5.59. The van der Waals surface area contributed by atoms with E-state index in [1.54, 1.807) is 6.92 Å². The van der Waals surface area contributed by atoms with Gasteiger partial charge in [0.1, 0.15) is 6.04 Å². The maximum Gasteiger partial charge on any atom is 0.320 e. The van der Waals surface area contributed by atoms with Crippen molar-refractivity contribution in [3.63, 3.8) is 0 Å². The van der Waals surface area contributed by atoms with Gasteiger partial charge < -0.3 is 5.11 Å². The summed E-state index contributed by atoms with van der Waals surface area (Å²) in [6.45, 7) is 8.14. The number of nitrogens with zero attached hydrogens (tertiary/aromatic N) is 2. The Morgan fingerprint density at radius 2 is 2.00 bits per heavy atom. The minimum Gasteiger partial charge on any atom is -0.480 e. The SMILES string of the molecule is Cc1cc(Cl)ccc1CN1CCN(C(C)C(=O)O)CC1. The molecule has 1 N–H and O–H groups in total. The first-order chi connectivity index (χ1) is 9.47. The van der Waals surface area contributed by atoms with E-state index >= 15 is 0 Å². The number of carbonyl (C=O) groups is 1. The number of aryl methyl sites for hydroxylation is 1. The Bertz CT molecular complexity index is 485. The molecule has 0 spiro atoms. The minimum atomic E-state index is -0.744. The number of benzene rings is 1. The van der Waals surface area contributed by atoms with Crippen molar-refractivity contribution in [1.29, 1.82) is 0 Å². The summed E-state index contributed by atoms with van der Waals surface area (Å²) in [7, 11) is 0. The van der Waals surface area contributed by atoms with Gasteiger partial charge in [0, 0.05) is 37.7 Å². The molecule has 1 saturated heterocycles. The van der Waals surface area contributed by atoms with Crippen molar-refractivity contribution in [3.05, 3.63) is 34.3 Å². The predicted octanol–water partition coefficient (Wildman–Crippen LogP) is 2.24. The normalized spacial score (nSPS) is 18.9. The van der Waals surface area contributed by atoms with E-state index in [0.29, 0.717) is 0 Å². The molecule has 1 aromatic carbocycles. The molecule has 1 aliphatic heterocycles. The summed E-state index contributed by atoms with van der Waals surface area (Å²) in [5.41, 5.74) is 2.49. The Kier molecular flexibility index (Phi) is 5.02. The Morgan fingerprint density at radius 3 is 2.55 bits per heavy atom. The van der Waals surface area contributed by atoms with Crippen molar-refractivity contribution in [3.8, 4) is 0 Å². The second-order valence-corrected chi connectivity index (χ2v) is 5.83. The topological polar surface area (TPSA) is 43.8 Å². The van der Waals surface area contributed by atoms with E-state index in [-0.39, 0.29) is 0 Å². The van der Waals surface area contributed by atoms with Crippen molar-refractivity contribution in [2.24, 2.45) is 0 Å². The fourth-order valence-electron chi connectivity index (χ4n) is 2.54. The first kappa shape index (κ1) is 15.3. The lowest BCUT2D eigenvalue weighted by atomic mass is 10.1. The van der Waals surface area contributed by atoms with E-state index in [0.717, 1.165) is 37.7 Å². The standard InChI is InChI=1S/C15H21ClN2O2/c1-11-9-14(16)4-3-13(11)10-17-5-7-18(8-6-17)12(2)15(19)20/h3-4,9,12H,5-8,10H2,1-2H3,(H,19,20). The van der Waals surface area contributed by atoms with Crippen molar-refractivity contribution in [2.75, 3.05) is 26.2 Å². The van der Waals surface area contributed by atoms with Gasteiger partial charge in [-0.2, -0.15) is 0 Å². The van der Waals surface area contributed by atoms with E-state index in [2.05, 4.69) is 17.9 Å². The van der Waals surface area contributed by atoms with E-state index < -0.39 is 12.0 Å². The van der Waals surface area contributed by atoms with Crippen LogP contribution in [0.4, 0.5) is 0 Å². The van der Waals surface area contributed by atoms with Crippen LogP contribution < -0.4 is 0 Å². The lowest BCUT2D eigenvalue weighted by Gasteiger charge is -2.36. The zero-order chi connectivity index (χ0) is 14.7. The van der Waals surface area contributed by atoms with Crippen LogP contribution in [0.1, 0.15) is 18.1 Å². The van der Waals surface area contributed by atoms with Crippen LogP contribution in [0.15, 0.2) is 18.2 Å². The quantitative estimate of drug-likeness (QED) is 0.925.